The predicted octanol–water partition coefficient (Wildman–Crippen LogP) is 3.58. The molecule has 0 aliphatic carbocycles. The van der Waals surface area contributed by atoms with Gasteiger partial charge in [-0.15, -0.1) is 0 Å². The smallest absolute Gasteiger partial charge is 0.223 e. The van der Waals surface area contributed by atoms with Crippen molar-refractivity contribution < 1.29 is 4.79 Å². The Labute approximate surface area is 99.7 Å². The summed E-state index contributed by atoms with van der Waals surface area (Å²) in [4.78, 5) is 13.6. The maximum absolute atomic E-state index is 11.7. The Kier molecular flexibility index (Phi) is 3.24. The molecule has 1 amide bonds. The third-order valence-electron chi connectivity index (χ3n) is 3.14. The molecule has 2 heteroatoms. The van der Waals surface area contributed by atoms with Crippen LogP contribution in [0.15, 0.2) is 11.3 Å². The van der Waals surface area contributed by atoms with E-state index < -0.39 is 0 Å². The third-order valence-corrected chi connectivity index (χ3v) is 3.14. The molecule has 0 N–H and O–H groups in total. The van der Waals surface area contributed by atoms with Crippen molar-refractivity contribution in [1.29, 1.82) is 0 Å². The number of rotatable bonds is 0. The molecule has 2 nitrogen and oxygen atoms in total. The van der Waals surface area contributed by atoms with Crippen molar-refractivity contribution in [3.8, 4) is 0 Å². The molecule has 0 spiro atoms. The molecule has 0 saturated carbocycles. The monoisotopic (exact) mass is 223 g/mol. The Morgan fingerprint density at radius 2 is 1.56 bits per heavy atom. The number of allylic oxidation sites excluding steroid dienone is 1. The fraction of sp³-hybridized carbons (Fsp3) is 0.786. The maximum Gasteiger partial charge on any atom is 0.223 e. The van der Waals surface area contributed by atoms with Gasteiger partial charge in [-0.3, -0.25) is 4.79 Å². The highest BCUT2D eigenvalue weighted by molar-refractivity contribution is 5.76. The van der Waals surface area contributed by atoms with Crippen LogP contribution in [0.1, 0.15) is 54.9 Å². The van der Waals surface area contributed by atoms with Gasteiger partial charge in [0.05, 0.1) is 0 Å². The van der Waals surface area contributed by atoms with Gasteiger partial charge in [0.1, 0.15) is 0 Å². The molecule has 0 aromatic heterocycles. The molecule has 0 aromatic carbocycles. The fourth-order valence-electron chi connectivity index (χ4n) is 2.52. The van der Waals surface area contributed by atoms with Gasteiger partial charge in [0.25, 0.3) is 0 Å². The summed E-state index contributed by atoms with van der Waals surface area (Å²) in [6, 6.07) is 0. The minimum atomic E-state index is 0.0464. The maximum atomic E-state index is 11.7. The second-order valence-electron chi connectivity index (χ2n) is 6.75. The summed E-state index contributed by atoms with van der Waals surface area (Å²) in [6.45, 7) is 15.8. The summed E-state index contributed by atoms with van der Waals surface area (Å²) in [6.07, 6.45) is 1.02. The number of nitrogens with zero attached hydrogens (tertiary/aromatic N) is 1. The van der Waals surface area contributed by atoms with Crippen molar-refractivity contribution in [3.63, 3.8) is 0 Å². The van der Waals surface area contributed by atoms with Gasteiger partial charge in [0.15, 0.2) is 0 Å². The van der Waals surface area contributed by atoms with Crippen LogP contribution in [-0.4, -0.2) is 17.4 Å². The van der Waals surface area contributed by atoms with Gasteiger partial charge in [0.2, 0.25) is 5.91 Å². The number of carbonyl (C=O) groups excluding carboxylic acids is 1. The van der Waals surface area contributed by atoms with Crippen LogP contribution < -0.4 is 0 Å². The molecule has 1 heterocycles. The van der Waals surface area contributed by atoms with Crippen molar-refractivity contribution in [2.24, 2.45) is 10.8 Å². The molecule has 92 valence electrons. The summed E-state index contributed by atoms with van der Waals surface area (Å²) in [5.41, 5.74) is 2.89. The van der Waals surface area contributed by atoms with E-state index in [0.29, 0.717) is 0 Å². The number of hydrogen-bond acceptors (Lipinski definition) is 1. The first-order valence-electron chi connectivity index (χ1n) is 6.07. The number of carbonyl (C=O) groups is 1. The quantitative estimate of drug-likeness (QED) is 0.614. The molecule has 1 aliphatic rings. The summed E-state index contributed by atoms with van der Waals surface area (Å²) in [7, 11) is 0. The Hall–Kier alpha value is -0.790. The first kappa shape index (κ1) is 13.3. The number of amides is 1. The lowest BCUT2D eigenvalue weighted by Crippen LogP contribution is -2.32. The zero-order valence-corrected chi connectivity index (χ0v) is 11.8. The van der Waals surface area contributed by atoms with E-state index in [1.165, 1.54) is 11.3 Å². The molecule has 0 radical (unpaired) electrons. The molecular formula is C14H25NO. The molecule has 1 rings (SSSR count). The zero-order chi connectivity index (χ0) is 12.7. The van der Waals surface area contributed by atoms with Crippen LogP contribution in [0.3, 0.4) is 0 Å². The zero-order valence-electron chi connectivity index (χ0n) is 11.8. The Morgan fingerprint density at radius 1 is 1.06 bits per heavy atom. The molecule has 0 bridgehead atoms. The van der Waals surface area contributed by atoms with Gasteiger partial charge in [-0.25, -0.2) is 0 Å². The molecule has 0 aromatic rings. The predicted molar refractivity (Wildman–Crippen MR) is 67.9 cm³/mol. The largest absolute Gasteiger partial charge is 0.316 e. The van der Waals surface area contributed by atoms with Gasteiger partial charge in [-0.05, 0) is 17.4 Å². The van der Waals surface area contributed by atoms with Crippen LogP contribution >= 0.6 is 0 Å². The second kappa shape index (κ2) is 3.90. The van der Waals surface area contributed by atoms with Crippen LogP contribution in [0.2, 0.25) is 0 Å². The number of hydrogen-bond donors (Lipinski definition) is 0. The van der Waals surface area contributed by atoms with E-state index in [2.05, 4.69) is 41.5 Å². The molecule has 16 heavy (non-hydrogen) atoms. The molecule has 0 saturated heterocycles. The topological polar surface area (TPSA) is 20.3 Å². The molecular weight excluding hydrogens is 198 g/mol. The Balaban J connectivity index is 3.28. The van der Waals surface area contributed by atoms with E-state index >= 15 is 0 Å². The average molecular weight is 223 g/mol. The van der Waals surface area contributed by atoms with Gasteiger partial charge in [-0.2, -0.15) is 0 Å². The van der Waals surface area contributed by atoms with E-state index in [1.54, 1.807) is 6.92 Å². The van der Waals surface area contributed by atoms with Crippen LogP contribution in [0.5, 0.6) is 0 Å². The van der Waals surface area contributed by atoms with Crippen LogP contribution in [-0.2, 0) is 4.79 Å². The molecule has 1 aliphatic heterocycles. The van der Waals surface area contributed by atoms with Crippen molar-refractivity contribution in [3.05, 3.63) is 11.3 Å². The second-order valence-corrected chi connectivity index (χ2v) is 6.75. The van der Waals surface area contributed by atoms with Gasteiger partial charge >= 0.3 is 0 Å². The lowest BCUT2D eigenvalue weighted by Gasteiger charge is -2.33. The van der Waals surface area contributed by atoms with E-state index in [-0.39, 0.29) is 16.7 Å². The van der Waals surface area contributed by atoms with Gasteiger partial charge in [-0.1, -0.05) is 41.5 Å². The van der Waals surface area contributed by atoms with Crippen molar-refractivity contribution >= 4 is 5.91 Å². The van der Waals surface area contributed by atoms with Crippen LogP contribution in [0, 0.1) is 10.8 Å². The van der Waals surface area contributed by atoms with Crippen molar-refractivity contribution in [2.75, 3.05) is 6.54 Å². The minimum absolute atomic E-state index is 0.0464. The minimum Gasteiger partial charge on any atom is -0.316 e. The Bertz CT molecular complexity index is 326. The highest BCUT2D eigenvalue weighted by Gasteiger charge is 2.37. The van der Waals surface area contributed by atoms with E-state index in [4.69, 9.17) is 0 Å². The summed E-state index contributed by atoms with van der Waals surface area (Å²) >= 11 is 0. The highest BCUT2D eigenvalue weighted by Crippen LogP contribution is 2.43. The fourth-order valence-corrected chi connectivity index (χ4v) is 2.52. The van der Waals surface area contributed by atoms with Crippen LogP contribution in [0.4, 0.5) is 0 Å². The van der Waals surface area contributed by atoms with E-state index in [1.807, 2.05) is 4.90 Å². The molecule has 0 atom stereocenters. The standard InChI is InChI=1S/C14H25NO/c1-10(16)15-9-8-11(13(2,3)4)12(15)14(5,6)7/h8-9H2,1-7H3. The van der Waals surface area contributed by atoms with E-state index in [0.717, 1.165) is 13.0 Å². The lowest BCUT2D eigenvalue weighted by molar-refractivity contribution is -0.127. The Morgan fingerprint density at radius 3 is 1.88 bits per heavy atom. The SMILES string of the molecule is CC(=O)N1CCC(C(C)(C)C)=C1C(C)(C)C. The summed E-state index contributed by atoms with van der Waals surface area (Å²) in [5.74, 6) is 0.171. The normalized spacial score (nSPS) is 18.3. The van der Waals surface area contributed by atoms with Gasteiger partial charge < -0.3 is 4.90 Å². The van der Waals surface area contributed by atoms with Crippen molar-refractivity contribution in [2.45, 2.75) is 54.9 Å². The lowest BCUT2D eigenvalue weighted by atomic mass is 9.78. The first-order valence-corrected chi connectivity index (χ1v) is 6.07. The molecule has 0 fully saturated rings. The first-order chi connectivity index (χ1) is 7.05. The van der Waals surface area contributed by atoms with Gasteiger partial charge in [0, 0.05) is 24.6 Å². The molecule has 0 unspecified atom stereocenters. The highest BCUT2D eigenvalue weighted by atomic mass is 16.2. The summed E-state index contributed by atoms with van der Waals surface area (Å²) < 4.78 is 0. The van der Waals surface area contributed by atoms with E-state index in [9.17, 15) is 4.79 Å². The van der Waals surface area contributed by atoms with Crippen molar-refractivity contribution in [1.82, 2.24) is 4.90 Å². The third kappa shape index (κ3) is 2.47. The summed E-state index contributed by atoms with van der Waals surface area (Å²) in [5, 5.41) is 0. The van der Waals surface area contributed by atoms with Crippen LogP contribution in [0.25, 0.3) is 0 Å². The average Bonchev–Trinajstić information content (AvgIpc) is 2.43.